The standard InChI is InChI=1S/C14H20N2O/c17-14(11-12-5-1-3-8-15-12)7-10-16-9-4-2-6-13(14)16/h1,3,5,8,13,17H,2,4,6-7,9-11H2. The first-order valence-electron chi connectivity index (χ1n) is 6.64. The van der Waals surface area contributed by atoms with E-state index in [-0.39, 0.29) is 0 Å². The van der Waals surface area contributed by atoms with E-state index < -0.39 is 5.60 Å². The van der Waals surface area contributed by atoms with Crippen molar-refractivity contribution in [1.29, 1.82) is 0 Å². The van der Waals surface area contributed by atoms with Crippen LogP contribution >= 0.6 is 0 Å². The van der Waals surface area contributed by atoms with Crippen molar-refractivity contribution < 1.29 is 5.11 Å². The number of nitrogens with zero attached hydrogens (tertiary/aromatic N) is 2. The van der Waals surface area contributed by atoms with Crippen molar-refractivity contribution in [2.45, 2.75) is 43.7 Å². The van der Waals surface area contributed by atoms with Gasteiger partial charge in [-0.05, 0) is 37.9 Å². The number of aliphatic hydroxyl groups is 1. The Hall–Kier alpha value is -0.930. The molecule has 2 aliphatic rings. The third-order valence-corrected chi connectivity index (χ3v) is 4.28. The molecule has 3 heteroatoms. The van der Waals surface area contributed by atoms with Crippen molar-refractivity contribution in [2.24, 2.45) is 0 Å². The van der Waals surface area contributed by atoms with Gasteiger partial charge in [-0.3, -0.25) is 9.88 Å². The van der Waals surface area contributed by atoms with Crippen LogP contribution in [0.3, 0.4) is 0 Å². The predicted molar refractivity (Wildman–Crippen MR) is 66.7 cm³/mol. The summed E-state index contributed by atoms with van der Waals surface area (Å²) in [7, 11) is 0. The lowest BCUT2D eigenvalue weighted by molar-refractivity contribution is -0.00955. The average molecular weight is 232 g/mol. The molecule has 0 spiro atoms. The highest BCUT2D eigenvalue weighted by Gasteiger charge is 2.46. The van der Waals surface area contributed by atoms with E-state index in [0.29, 0.717) is 12.5 Å². The average Bonchev–Trinajstić information content (AvgIpc) is 2.69. The minimum absolute atomic E-state index is 0.359. The number of hydrogen-bond donors (Lipinski definition) is 1. The highest BCUT2D eigenvalue weighted by Crippen LogP contribution is 2.36. The zero-order valence-corrected chi connectivity index (χ0v) is 10.2. The molecule has 1 aromatic heterocycles. The molecule has 2 aliphatic heterocycles. The van der Waals surface area contributed by atoms with Crippen molar-refractivity contribution in [1.82, 2.24) is 9.88 Å². The minimum atomic E-state index is -0.547. The number of piperidine rings is 1. The van der Waals surface area contributed by atoms with Crippen LogP contribution in [0, 0.1) is 0 Å². The molecule has 2 atom stereocenters. The van der Waals surface area contributed by atoms with Crippen LogP contribution in [0.2, 0.25) is 0 Å². The van der Waals surface area contributed by atoms with Gasteiger partial charge in [0.25, 0.3) is 0 Å². The van der Waals surface area contributed by atoms with Crippen LogP contribution in [0.1, 0.15) is 31.4 Å². The van der Waals surface area contributed by atoms with Gasteiger partial charge in [0.05, 0.1) is 5.60 Å². The summed E-state index contributed by atoms with van der Waals surface area (Å²) in [6.07, 6.45) is 7.10. The Morgan fingerprint density at radius 1 is 1.35 bits per heavy atom. The number of rotatable bonds is 2. The fourth-order valence-electron chi connectivity index (χ4n) is 3.39. The van der Waals surface area contributed by atoms with Gasteiger partial charge in [-0.25, -0.2) is 0 Å². The van der Waals surface area contributed by atoms with Crippen LogP contribution in [0.5, 0.6) is 0 Å². The molecule has 0 saturated carbocycles. The Morgan fingerprint density at radius 3 is 3.12 bits per heavy atom. The van der Waals surface area contributed by atoms with Crippen LogP contribution in [0.25, 0.3) is 0 Å². The molecular formula is C14H20N2O. The van der Waals surface area contributed by atoms with Gasteiger partial charge < -0.3 is 5.11 Å². The normalized spacial score (nSPS) is 33.6. The van der Waals surface area contributed by atoms with E-state index in [0.717, 1.165) is 31.6 Å². The maximum absolute atomic E-state index is 10.9. The van der Waals surface area contributed by atoms with Crippen molar-refractivity contribution in [3.05, 3.63) is 30.1 Å². The Bertz CT molecular complexity index is 381. The smallest absolute Gasteiger partial charge is 0.0869 e. The van der Waals surface area contributed by atoms with Gasteiger partial charge >= 0.3 is 0 Å². The summed E-state index contributed by atoms with van der Waals surface area (Å²) in [6, 6.07) is 6.30. The summed E-state index contributed by atoms with van der Waals surface area (Å²) >= 11 is 0. The van der Waals surface area contributed by atoms with Gasteiger partial charge in [-0.15, -0.1) is 0 Å². The summed E-state index contributed by atoms with van der Waals surface area (Å²) in [6.45, 7) is 2.21. The molecule has 3 heterocycles. The number of pyridine rings is 1. The largest absolute Gasteiger partial charge is 0.388 e. The van der Waals surface area contributed by atoms with E-state index in [4.69, 9.17) is 0 Å². The number of fused-ring (bicyclic) bond motifs is 1. The molecule has 92 valence electrons. The molecule has 1 N–H and O–H groups in total. The van der Waals surface area contributed by atoms with Crippen molar-refractivity contribution in [2.75, 3.05) is 13.1 Å². The summed E-state index contributed by atoms with van der Waals surface area (Å²) in [4.78, 5) is 6.81. The molecule has 2 unspecified atom stereocenters. The second kappa shape index (κ2) is 4.39. The molecule has 0 aliphatic carbocycles. The SMILES string of the molecule is OC1(Cc2ccccn2)CCN2CCCCC21. The molecule has 0 radical (unpaired) electrons. The Labute approximate surface area is 102 Å². The predicted octanol–water partition coefficient (Wildman–Crippen LogP) is 1.61. The van der Waals surface area contributed by atoms with Gasteiger partial charge in [-0.2, -0.15) is 0 Å². The van der Waals surface area contributed by atoms with Crippen molar-refractivity contribution in [3.8, 4) is 0 Å². The minimum Gasteiger partial charge on any atom is -0.388 e. The fraction of sp³-hybridized carbons (Fsp3) is 0.643. The molecule has 1 aromatic rings. The quantitative estimate of drug-likeness (QED) is 0.841. The third-order valence-electron chi connectivity index (χ3n) is 4.28. The van der Waals surface area contributed by atoms with E-state index in [9.17, 15) is 5.11 Å². The van der Waals surface area contributed by atoms with Gasteiger partial charge in [0.15, 0.2) is 0 Å². The first-order chi connectivity index (χ1) is 8.28. The molecular weight excluding hydrogens is 212 g/mol. The van der Waals surface area contributed by atoms with Crippen LogP contribution in [-0.4, -0.2) is 39.7 Å². The lowest BCUT2D eigenvalue weighted by Crippen LogP contribution is -2.48. The fourth-order valence-corrected chi connectivity index (χ4v) is 3.39. The Kier molecular flexibility index (Phi) is 2.89. The molecule has 0 amide bonds. The molecule has 17 heavy (non-hydrogen) atoms. The molecule has 2 saturated heterocycles. The highest BCUT2D eigenvalue weighted by molar-refractivity contribution is 5.12. The number of hydrogen-bond acceptors (Lipinski definition) is 3. The van der Waals surface area contributed by atoms with Gasteiger partial charge in [0.2, 0.25) is 0 Å². The maximum Gasteiger partial charge on any atom is 0.0869 e. The number of aromatic nitrogens is 1. The molecule has 0 bridgehead atoms. The third kappa shape index (κ3) is 2.09. The molecule has 2 fully saturated rings. The van der Waals surface area contributed by atoms with E-state index >= 15 is 0 Å². The summed E-state index contributed by atoms with van der Waals surface area (Å²) in [5, 5.41) is 10.9. The topological polar surface area (TPSA) is 36.4 Å². The first-order valence-corrected chi connectivity index (χ1v) is 6.64. The van der Waals surface area contributed by atoms with Crippen LogP contribution < -0.4 is 0 Å². The Balaban J connectivity index is 1.77. The van der Waals surface area contributed by atoms with Gasteiger partial charge in [0, 0.05) is 30.9 Å². The second-order valence-electron chi connectivity index (χ2n) is 5.40. The van der Waals surface area contributed by atoms with Crippen molar-refractivity contribution >= 4 is 0 Å². The summed E-state index contributed by atoms with van der Waals surface area (Å²) in [5.41, 5.74) is 0.469. The van der Waals surface area contributed by atoms with E-state index in [1.807, 2.05) is 24.4 Å². The zero-order chi connectivity index (χ0) is 11.7. The second-order valence-corrected chi connectivity index (χ2v) is 5.40. The lowest BCUT2D eigenvalue weighted by atomic mass is 9.85. The van der Waals surface area contributed by atoms with E-state index in [2.05, 4.69) is 9.88 Å². The van der Waals surface area contributed by atoms with Crippen LogP contribution in [0.15, 0.2) is 24.4 Å². The van der Waals surface area contributed by atoms with Crippen LogP contribution in [-0.2, 0) is 6.42 Å². The lowest BCUT2D eigenvalue weighted by Gasteiger charge is -2.37. The van der Waals surface area contributed by atoms with E-state index in [1.54, 1.807) is 0 Å². The summed E-state index contributed by atoms with van der Waals surface area (Å²) < 4.78 is 0. The maximum atomic E-state index is 10.9. The highest BCUT2D eigenvalue weighted by atomic mass is 16.3. The first kappa shape index (κ1) is 11.2. The Morgan fingerprint density at radius 2 is 2.29 bits per heavy atom. The molecule has 3 rings (SSSR count). The summed E-state index contributed by atoms with van der Waals surface area (Å²) in [5.74, 6) is 0. The van der Waals surface area contributed by atoms with E-state index in [1.165, 1.54) is 12.8 Å². The molecule has 3 nitrogen and oxygen atoms in total. The van der Waals surface area contributed by atoms with Gasteiger partial charge in [-0.1, -0.05) is 12.5 Å². The van der Waals surface area contributed by atoms with Crippen molar-refractivity contribution in [3.63, 3.8) is 0 Å². The van der Waals surface area contributed by atoms with Crippen LogP contribution in [0.4, 0.5) is 0 Å². The zero-order valence-electron chi connectivity index (χ0n) is 10.2. The monoisotopic (exact) mass is 232 g/mol. The van der Waals surface area contributed by atoms with Gasteiger partial charge in [0.1, 0.15) is 0 Å². The molecule has 0 aromatic carbocycles.